The van der Waals surface area contributed by atoms with Gasteiger partial charge in [0.2, 0.25) is 0 Å². The average Bonchev–Trinajstić information content (AvgIpc) is 3.02. The minimum atomic E-state index is -0.0487. The van der Waals surface area contributed by atoms with E-state index in [1.54, 1.807) is 18.2 Å². The van der Waals surface area contributed by atoms with E-state index in [-0.39, 0.29) is 5.78 Å². The fourth-order valence-corrected chi connectivity index (χ4v) is 2.42. The van der Waals surface area contributed by atoms with Crippen LogP contribution in [0, 0.1) is 0 Å². The van der Waals surface area contributed by atoms with E-state index in [1.165, 1.54) is 0 Å². The van der Waals surface area contributed by atoms with E-state index in [2.05, 4.69) is 20.6 Å². The predicted molar refractivity (Wildman–Crippen MR) is 73.8 cm³/mol. The number of hydrogen-bond donors (Lipinski definition) is 1. The third kappa shape index (κ3) is 1.88. The lowest BCUT2D eigenvalue weighted by Crippen LogP contribution is -2.03. The highest BCUT2D eigenvalue weighted by atomic mass is 16.5. The number of nitrogens with zero attached hydrogens (tertiary/aromatic N) is 3. The molecule has 1 aromatic heterocycles. The van der Waals surface area contributed by atoms with Crippen molar-refractivity contribution in [2.24, 2.45) is 0 Å². The first-order valence-electron chi connectivity index (χ1n) is 6.46. The summed E-state index contributed by atoms with van der Waals surface area (Å²) in [4.78, 5) is 12.7. The molecule has 0 bridgehead atoms. The van der Waals surface area contributed by atoms with Gasteiger partial charge in [0.1, 0.15) is 12.4 Å². The molecule has 4 rings (SSSR count). The summed E-state index contributed by atoms with van der Waals surface area (Å²) in [6.07, 6.45) is 0. The van der Waals surface area contributed by atoms with Crippen LogP contribution in [0.4, 0.5) is 0 Å². The predicted octanol–water partition coefficient (Wildman–Crippen LogP) is 1.99. The molecule has 2 heterocycles. The number of H-pyrrole nitrogens is 1. The molecule has 0 aliphatic carbocycles. The first kappa shape index (κ1) is 11.8. The Morgan fingerprint density at radius 3 is 2.86 bits per heavy atom. The highest BCUT2D eigenvalue weighted by Gasteiger charge is 2.22. The van der Waals surface area contributed by atoms with Gasteiger partial charge in [0.25, 0.3) is 0 Å². The fourth-order valence-electron chi connectivity index (χ4n) is 2.42. The highest BCUT2D eigenvalue weighted by Crippen LogP contribution is 2.30. The summed E-state index contributed by atoms with van der Waals surface area (Å²) in [6.45, 7) is 0.368. The van der Waals surface area contributed by atoms with Gasteiger partial charge in [0.15, 0.2) is 11.6 Å². The molecule has 1 N–H and O–H groups in total. The van der Waals surface area contributed by atoms with Crippen molar-refractivity contribution >= 4 is 5.78 Å². The lowest BCUT2D eigenvalue weighted by atomic mass is 9.97. The van der Waals surface area contributed by atoms with Crippen molar-refractivity contribution in [3.63, 3.8) is 0 Å². The van der Waals surface area contributed by atoms with E-state index in [4.69, 9.17) is 4.74 Å². The molecule has 1 aliphatic heterocycles. The van der Waals surface area contributed by atoms with Crippen molar-refractivity contribution < 1.29 is 9.53 Å². The Hall–Kier alpha value is -3.02. The smallest absolute Gasteiger partial charge is 0.197 e. The van der Waals surface area contributed by atoms with Crippen molar-refractivity contribution in [1.29, 1.82) is 0 Å². The number of hydrogen-bond acceptors (Lipinski definition) is 5. The molecule has 0 radical (unpaired) electrons. The van der Waals surface area contributed by atoms with Crippen LogP contribution in [0.2, 0.25) is 0 Å². The maximum Gasteiger partial charge on any atom is 0.197 e. The monoisotopic (exact) mass is 278 g/mol. The van der Waals surface area contributed by atoms with Crippen molar-refractivity contribution in [2.75, 3.05) is 0 Å². The molecule has 0 saturated heterocycles. The number of ketones is 1. The van der Waals surface area contributed by atoms with Gasteiger partial charge in [0, 0.05) is 16.7 Å². The van der Waals surface area contributed by atoms with Crippen LogP contribution in [-0.4, -0.2) is 26.4 Å². The van der Waals surface area contributed by atoms with E-state index in [0.29, 0.717) is 29.3 Å². The van der Waals surface area contributed by atoms with Crippen LogP contribution >= 0.6 is 0 Å². The van der Waals surface area contributed by atoms with Gasteiger partial charge in [-0.15, -0.1) is 5.10 Å². The van der Waals surface area contributed by atoms with Gasteiger partial charge < -0.3 is 4.74 Å². The van der Waals surface area contributed by atoms with Crippen molar-refractivity contribution in [2.45, 2.75) is 6.61 Å². The van der Waals surface area contributed by atoms with E-state index in [0.717, 1.165) is 11.1 Å². The Kier molecular flexibility index (Phi) is 2.53. The maximum absolute atomic E-state index is 12.7. The number of rotatable bonds is 1. The molecule has 0 unspecified atom stereocenters. The summed E-state index contributed by atoms with van der Waals surface area (Å²) in [7, 11) is 0. The number of tetrazole rings is 1. The first-order chi connectivity index (χ1) is 10.3. The van der Waals surface area contributed by atoms with Gasteiger partial charge in [-0.25, -0.2) is 5.10 Å². The topological polar surface area (TPSA) is 80.8 Å². The number of ether oxygens (including phenoxy) is 1. The average molecular weight is 278 g/mol. The van der Waals surface area contributed by atoms with Gasteiger partial charge in [0.05, 0.1) is 5.56 Å². The lowest BCUT2D eigenvalue weighted by Gasteiger charge is -2.05. The third-order valence-electron chi connectivity index (χ3n) is 3.49. The highest BCUT2D eigenvalue weighted by molar-refractivity contribution is 6.12. The number of nitrogens with one attached hydrogen (secondary N) is 1. The standard InChI is InChI=1S/C15H10N4O2/c20-14-11-3-1-2-4-13(11)21-8-10-6-5-9(7-12(10)14)15-16-18-19-17-15/h1-7H,8H2,(H,16,17,18,19). The van der Waals surface area contributed by atoms with Gasteiger partial charge in [-0.1, -0.05) is 24.3 Å². The molecule has 0 spiro atoms. The lowest BCUT2D eigenvalue weighted by molar-refractivity contribution is 0.103. The molecule has 2 aromatic carbocycles. The van der Waals surface area contributed by atoms with Crippen LogP contribution < -0.4 is 4.74 Å². The minimum Gasteiger partial charge on any atom is -0.488 e. The van der Waals surface area contributed by atoms with Crippen molar-refractivity contribution in [3.05, 3.63) is 59.2 Å². The van der Waals surface area contributed by atoms with E-state index in [1.807, 2.05) is 24.3 Å². The van der Waals surface area contributed by atoms with E-state index < -0.39 is 0 Å². The summed E-state index contributed by atoms with van der Waals surface area (Å²) >= 11 is 0. The van der Waals surface area contributed by atoms with Gasteiger partial charge in [-0.3, -0.25) is 4.79 Å². The zero-order chi connectivity index (χ0) is 14.2. The van der Waals surface area contributed by atoms with Crippen LogP contribution in [0.1, 0.15) is 21.5 Å². The van der Waals surface area contributed by atoms with Gasteiger partial charge in [-0.2, -0.15) is 0 Å². The number of aromatic amines is 1. The van der Waals surface area contributed by atoms with Crippen LogP contribution in [0.5, 0.6) is 5.75 Å². The third-order valence-corrected chi connectivity index (χ3v) is 3.49. The second-order valence-electron chi connectivity index (χ2n) is 4.74. The molecular formula is C15H10N4O2. The van der Waals surface area contributed by atoms with Gasteiger partial charge in [-0.05, 0) is 28.6 Å². The molecule has 0 atom stereocenters. The zero-order valence-electron chi connectivity index (χ0n) is 10.9. The quantitative estimate of drug-likeness (QED) is 0.736. The maximum atomic E-state index is 12.7. The molecule has 3 aromatic rings. The Balaban J connectivity index is 1.87. The molecule has 0 fully saturated rings. The number of benzene rings is 2. The second-order valence-corrected chi connectivity index (χ2v) is 4.74. The van der Waals surface area contributed by atoms with E-state index in [9.17, 15) is 4.79 Å². The molecule has 0 amide bonds. The number of para-hydroxylation sites is 1. The first-order valence-corrected chi connectivity index (χ1v) is 6.46. The van der Waals surface area contributed by atoms with Crippen LogP contribution in [0.3, 0.4) is 0 Å². The van der Waals surface area contributed by atoms with E-state index >= 15 is 0 Å². The largest absolute Gasteiger partial charge is 0.488 e. The number of fused-ring (bicyclic) bond motifs is 2. The van der Waals surface area contributed by atoms with Gasteiger partial charge >= 0.3 is 0 Å². The number of carbonyl (C=O) groups is 1. The molecule has 21 heavy (non-hydrogen) atoms. The summed E-state index contributed by atoms with van der Waals surface area (Å²) in [5, 5.41) is 13.7. The SMILES string of the molecule is O=C1c2cc(-c3nnn[nH]3)ccc2COc2ccccc21. The second kappa shape index (κ2) is 4.52. The zero-order valence-corrected chi connectivity index (χ0v) is 10.9. The summed E-state index contributed by atoms with van der Waals surface area (Å²) in [6, 6.07) is 12.8. The summed E-state index contributed by atoms with van der Waals surface area (Å²) in [5.41, 5.74) is 2.82. The Labute approximate surface area is 119 Å². The molecule has 6 heteroatoms. The van der Waals surface area contributed by atoms with Crippen molar-refractivity contribution in [1.82, 2.24) is 20.6 Å². The van der Waals surface area contributed by atoms with Crippen LogP contribution in [0.15, 0.2) is 42.5 Å². The summed E-state index contributed by atoms with van der Waals surface area (Å²) < 4.78 is 5.71. The molecule has 0 saturated carbocycles. The number of carbonyl (C=O) groups excluding carboxylic acids is 1. The van der Waals surface area contributed by atoms with Crippen molar-refractivity contribution in [3.8, 4) is 17.1 Å². The summed E-state index contributed by atoms with van der Waals surface area (Å²) in [5.74, 6) is 1.10. The Bertz CT molecular complexity index is 827. The molecule has 6 nitrogen and oxygen atoms in total. The molecule has 102 valence electrons. The number of aromatic nitrogens is 4. The molecular weight excluding hydrogens is 268 g/mol. The van der Waals surface area contributed by atoms with Crippen LogP contribution in [-0.2, 0) is 6.61 Å². The Morgan fingerprint density at radius 2 is 2.00 bits per heavy atom. The fraction of sp³-hybridized carbons (Fsp3) is 0.0667. The van der Waals surface area contributed by atoms with Crippen LogP contribution in [0.25, 0.3) is 11.4 Å². The Morgan fingerprint density at radius 1 is 1.10 bits per heavy atom. The minimum absolute atomic E-state index is 0.0487. The molecule has 1 aliphatic rings. The normalized spacial score (nSPS) is 13.0.